The Morgan fingerprint density at radius 3 is 2.35 bits per heavy atom. The molecule has 0 aromatic heterocycles. The fourth-order valence-corrected chi connectivity index (χ4v) is 2.32. The molecule has 0 fully saturated rings. The Morgan fingerprint density at radius 1 is 0.913 bits per heavy atom. The van der Waals surface area contributed by atoms with Gasteiger partial charge in [-0.05, 0) is 49.4 Å². The quantitative estimate of drug-likeness (QED) is 0.503. The minimum absolute atomic E-state index is 0.0999. The topological polar surface area (TPSA) is 35.5 Å². The third-order valence-electron chi connectivity index (χ3n) is 3.57. The van der Waals surface area contributed by atoms with E-state index in [4.69, 9.17) is 9.47 Å². The Hall–Kier alpha value is -2.29. The van der Waals surface area contributed by atoms with Gasteiger partial charge in [0.2, 0.25) is 0 Å². The van der Waals surface area contributed by atoms with Crippen LogP contribution >= 0.6 is 0 Å². The molecule has 0 aliphatic heterocycles. The van der Waals surface area contributed by atoms with E-state index in [2.05, 4.69) is 24.3 Å². The predicted octanol–water partition coefficient (Wildman–Crippen LogP) is 4.54. The van der Waals surface area contributed by atoms with Gasteiger partial charge in [0, 0.05) is 6.42 Å². The summed E-state index contributed by atoms with van der Waals surface area (Å²) in [5.74, 6) is 0.779. The highest BCUT2D eigenvalue weighted by Gasteiger charge is 2.02. The van der Waals surface area contributed by atoms with Crippen molar-refractivity contribution >= 4 is 5.97 Å². The van der Waals surface area contributed by atoms with Gasteiger partial charge < -0.3 is 9.47 Å². The molecular formula is C20H24O3. The summed E-state index contributed by atoms with van der Waals surface area (Å²) in [6.45, 7) is 2.88. The van der Waals surface area contributed by atoms with E-state index in [0.29, 0.717) is 19.6 Å². The summed E-state index contributed by atoms with van der Waals surface area (Å²) in [5, 5.41) is 0. The second-order valence-electron chi connectivity index (χ2n) is 5.43. The first-order chi connectivity index (χ1) is 11.3. The molecular weight excluding hydrogens is 288 g/mol. The Kier molecular flexibility index (Phi) is 7.18. The van der Waals surface area contributed by atoms with Crippen molar-refractivity contribution in [3.8, 4) is 5.75 Å². The van der Waals surface area contributed by atoms with Crippen molar-refractivity contribution in [1.82, 2.24) is 0 Å². The number of esters is 1. The van der Waals surface area contributed by atoms with Gasteiger partial charge in [0.1, 0.15) is 12.4 Å². The molecule has 0 bridgehead atoms. The number of carbonyl (C=O) groups excluding carboxylic acids is 1. The van der Waals surface area contributed by atoms with Crippen molar-refractivity contribution in [2.75, 3.05) is 6.61 Å². The van der Waals surface area contributed by atoms with Gasteiger partial charge in [-0.1, -0.05) is 42.5 Å². The SMILES string of the molecule is CCOC(=O)CCCCc1ccc(OCc2ccccc2)cc1. The highest BCUT2D eigenvalue weighted by atomic mass is 16.5. The van der Waals surface area contributed by atoms with E-state index in [1.165, 1.54) is 5.56 Å². The number of carbonyl (C=O) groups is 1. The molecule has 0 N–H and O–H groups in total. The van der Waals surface area contributed by atoms with Crippen molar-refractivity contribution in [2.24, 2.45) is 0 Å². The molecule has 2 aromatic carbocycles. The zero-order valence-electron chi connectivity index (χ0n) is 13.7. The van der Waals surface area contributed by atoms with Crippen LogP contribution < -0.4 is 4.74 Å². The average molecular weight is 312 g/mol. The summed E-state index contributed by atoms with van der Waals surface area (Å²) in [6.07, 6.45) is 3.33. The van der Waals surface area contributed by atoms with Gasteiger partial charge in [0.25, 0.3) is 0 Å². The van der Waals surface area contributed by atoms with Crippen LogP contribution in [0.5, 0.6) is 5.75 Å². The Morgan fingerprint density at radius 2 is 1.65 bits per heavy atom. The van der Waals surface area contributed by atoms with Gasteiger partial charge in [0.05, 0.1) is 6.61 Å². The number of ether oxygens (including phenoxy) is 2. The smallest absolute Gasteiger partial charge is 0.305 e. The van der Waals surface area contributed by atoms with Crippen LogP contribution in [0.25, 0.3) is 0 Å². The molecule has 3 heteroatoms. The predicted molar refractivity (Wildman–Crippen MR) is 91.4 cm³/mol. The van der Waals surface area contributed by atoms with E-state index in [-0.39, 0.29) is 5.97 Å². The van der Waals surface area contributed by atoms with Gasteiger partial charge in [-0.3, -0.25) is 4.79 Å². The van der Waals surface area contributed by atoms with E-state index in [1.54, 1.807) is 0 Å². The molecule has 0 aliphatic carbocycles. The van der Waals surface area contributed by atoms with Crippen LogP contribution in [0.15, 0.2) is 54.6 Å². The zero-order chi connectivity index (χ0) is 16.3. The van der Waals surface area contributed by atoms with Crippen LogP contribution in [0.2, 0.25) is 0 Å². The Bertz CT molecular complexity index is 576. The number of hydrogen-bond donors (Lipinski definition) is 0. The van der Waals surface area contributed by atoms with E-state index >= 15 is 0 Å². The largest absolute Gasteiger partial charge is 0.489 e. The van der Waals surface area contributed by atoms with Crippen LogP contribution in [0, 0.1) is 0 Å². The summed E-state index contributed by atoms with van der Waals surface area (Å²) in [6, 6.07) is 18.3. The van der Waals surface area contributed by atoms with Crippen LogP contribution in [0.1, 0.15) is 37.3 Å². The van der Waals surface area contributed by atoms with Crippen LogP contribution in [0.4, 0.5) is 0 Å². The van der Waals surface area contributed by atoms with Crippen LogP contribution in [-0.2, 0) is 22.6 Å². The molecule has 0 heterocycles. The summed E-state index contributed by atoms with van der Waals surface area (Å²) in [5.41, 5.74) is 2.43. The summed E-state index contributed by atoms with van der Waals surface area (Å²) in [4.78, 5) is 11.2. The molecule has 122 valence electrons. The number of benzene rings is 2. The third kappa shape index (κ3) is 6.55. The van der Waals surface area contributed by atoms with Crippen molar-refractivity contribution < 1.29 is 14.3 Å². The first-order valence-electron chi connectivity index (χ1n) is 8.19. The standard InChI is InChI=1S/C20H24O3/c1-2-22-20(21)11-7-6-8-17-12-14-19(15-13-17)23-16-18-9-4-3-5-10-18/h3-5,9-10,12-15H,2,6-8,11,16H2,1H3. The lowest BCUT2D eigenvalue weighted by Crippen LogP contribution is -2.03. The zero-order valence-corrected chi connectivity index (χ0v) is 13.7. The maximum Gasteiger partial charge on any atom is 0.305 e. The maximum absolute atomic E-state index is 11.2. The Balaban J connectivity index is 1.69. The van der Waals surface area contributed by atoms with Gasteiger partial charge >= 0.3 is 5.97 Å². The molecule has 0 aliphatic rings. The second kappa shape index (κ2) is 9.67. The molecule has 0 spiro atoms. The van der Waals surface area contributed by atoms with Gasteiger partial charge in [0.15, 0.2) is 0 Å². The fraction of sp³-hybridized carbons (Fsp3) is 0.350. The molecule has 2 aromatic rings. The minimum Gasteiger partial charge on any atom is -0.489 e. The molecule has 3 nitrogen and oxygen atoms in total. The van der Waals surface area contributed by atoms with E-state index < -0.39 is 0 Å². The fourth-order valence-electron chi connectivity index (χ4n) is 2.32. The monoisotopic (exact) mass is 312 g/mol. The molecule has 0 unspecified atom stereocenters. The molecule has 2 rings (SSSR count). The molecule has 0 amide bonds. The lowest BCUT2D eigenvalue weighted by atomic mass is 10.1. The highest BCUT2D eigenvalue weighted by Crippen LogP contribution is 2.16. The normalized spacial score (nSPS) is 10.3. The summed E-state index contributed by atoms with van der Waals surface area (Å²) in [7, 11) is 0. The third-order valence-corrected chi connectivity index (χ3v) is 3.57. The van der Waals surface area contributed by atoms with Crippen molar-refractivity contribution in [3.05, 3.63) is 65.7 Å². The minimum atomic E-state index is -0.0999. The van der Waals surface area contributed by atoms with Crippen LogP contribution in [-0.4, -0.2) is 12.6 Å². The van der Waals surface area contributed by atoms with Gasteiger partial charge in [-0.25, -0.2) is 0 Å². The van der Waals surface area contributed by atoms with E-state index in [0.717, 1.165) is 30.6 Å². The number of unbranched alkanes of at least 4 members (excludes halogenated alkanes) is 1. The number of aryl methyl sites for hydroxylation is 1. The van der Waals surface area contributed by atoms with Crippen LogP contribution in [0.3, 0.4) is 0 Å². The maximum atomic E-state index is 11.2. The first-order valence-corrected chi connectivity index (χ1v) is 8.19. The summed E-state index contributed by atoms with van der Waals surface area (Å²) >= 11 is 0. The average Bonchev–Trinajstić information content (AvgIpc) is 2.59. The summed E-state index contributed by atoms with van der Waals surface area (Å²) < 4.78 is 10.7. The van der Waals surface area contributed by atoms with Crippen molar-refractivity contribution in [2.45, 2.75) is 39.2 Å². The van der Waals surface area contributed by atoms with Gasteiger partial charge in [-0.2, -0.15) is 0 Å². The number of hydrogen-bond acceptors (Lipinski definition) is 3. The van der Waals surface area contributed by atoms with Crippen molar-refractivity contribution in [1.29, 1.82) is 0 Å². The molecule has 0 saturated heterocycles. The Labute approximate surface area is 138 Å². The van der Waals surface area contributed by atoms with E-state index in [9.17, 15) is 4.79 Å². The second-order valence-corrected chi connectivity index (χ2v) is 5.43. The first kappa shape index (κ1) is 17.1. The van der Waals surface area contributed by atoms with Gasteiger partial charge in [-0.15, -0.1) is 0 Å². The lowest BCUT2D eigenvalue weighted by molar-refractivity contribution is -0.143. The lowest BCUT2D eigenvalue weighted by Gasteiger charge is -2.07. The molecule has 23 heavy (non-hydrogen) atoms. The highest BCUT2D eigenvalue weighted by molar-refractivity contribution is 5.69. The number of rotatable bonds is 9. The van der Waals surface area contributed by atoms with Crippen molar-refractivity contribution in [3.63, 3.8) is 0 Å². The van der Waals surface area contributed by atoms with E-state index in [1.807, 2.05) is 37.3 Å². The molecule has 0 saturated carbocycles. The molecule has 0 atom stereocenters. The molecule has 0 radical (unpaired) electrons.